The van der Waals surface area contributed by atoms with Crippen molar-refractivity contribution in [3.05, 3.63) is 62.7 Å². The Balaban J connectivity index is 1.70. The number of aliphatic hydroxyl groups is 2. The average Bonchev–Trinajstić information content (AvgIpc) is 2.61. The van der Waals surface area contributed by atoms with Gasteiger partial charge in [-0.1, -0.05) is 23.7 Å². The van der Waals surface area contributed by atoms with E-state index >= 15 is 0 Å². The second-order valence-corrected chi connectivity index (χ2v) is 6.76. The van der Waals surface area contributed by atoms with E-state index < -0.39 is 23.4 Å². The molecule has 1 fully saturated rings. The minimum Gasteiger partial charge on any atom is -0.502 e. The van der Waals surface area contributed by atoms with Gasteiger partial charge in [0, 0.05) is 24.2 Å². The van der Waals surface area contributed by atoms with Crippen LogP contribution in [0.1, 0.15) is 29.9 Å². The second-order valence-electron chi connectivity index (χ2n) is 6.32. The number of benzene rings is 1. The van der Waals surface area contributed by atoms with E-state index in [1.807, 2.05) is 17.0 Å². The lowest BCUT2D eigenvalue weighted by atomic mass is 9.84. The van der Waals surface area contributed by atoms with Crippen LogP contribution in [-0.4, -0.2) is 33.3 Å². The van der Waals surface area contributed by atoms with Crippen LogP contribution in [0.3, 0.4) is 0 Å². The van der Waals surface area contributed by atoms with Crippen molar-refractivity contribution in [3.63, 3.8) is 0 Å². The molecule has 0 saturated carbocycles. The van der Waals surface area contributed by atoms with Gasteiger partial charge in [-0.05, 0) is 30.5 Å². The molecule has 0 bridgehead atoms. The van der Waals surface area contributed by atoms with Crippen molar-refractivity contribution in [2.45, 2.75) is 31.6 Å². The molecule has 1 aromatic heterocycles. The van der Waals surface area contributed by atoms with Gasteiger partial charge in [0.1, 0.15) is 12.4 Å². The molecule has 0 unspecified atom stereocenters. The monoisotopic (exact) mass is 365 g/mol. The van der Waals surface area contributed by atoms with Crippen molar-refractivity contribution in [3.8, 4) is 5.75 Å². The molecule has 2 heterocycles. The van der Waals surface area contributed by atoms with Crippen LogP contribution in [0, 0.1) is 0 Å². The number of nitrogens with zero attached hydrogens (tertiary/aromatic N) is 1. The van der Waals surface area contributed by atoms with Crippen LogP contribution in [0.2, 0.25) is 5.02 Å². The van der Waals surface area contributed by atoms with Crippen molar-refractivity contribution in [2.75, 3.05) is 13.1 Å². The number of piperidine rings is 1. The molecule has 6 nitrogen and oxygen atoms in total. The number of aliphatic hydroxyl groups excluding tert-OH is 1. The molecule has 3 rings (SSSR count). The number of halogens is 1. The van der Waals surface area contributed by atoms with Crippen molar-refractivity contribution in [1.82, 2.24) is 4.90 Å². The summed E-state index contributed by atoms with van der Waals surface area (Å²) in [5.74, 6) is -0.184. The normalized spacial score (nSPS) is 17.6. The van der Waals surface area contributed by atoms with Gasteiger partial charge in [-0.2, -0.15) is 0 Å². The maximum absolute atomic E-state index is 11.7. The predicted molar refractivity (Wildman–Crippen MR) is 92.4 cm³/mol. The minimum absolute atomic E-state index is 0.118. The fourth-order valence-electron chi connectivity index (χ4n) is 3.11. The molecule has 1 aromatic carbocycles. The van der Waals surface area contributed by atoms with E-state index in [1.54, 1.807) is 12.1 Å². The van der Waals surface area contributed by atoms with Crippen LogP contribution >= 0.6 is 11.6 Å². The largest absolute Gasteiger partial charge is 0.502 e. The first-order valence-corrected chi connectivity index (χ1v) is 8.45. The lowest BCUT2D eigenvalue weighted by Gasteiger charge is -2.38. The molecule has 1 aliphatic heterocycles. The summed E-state index contributed by atoms with van der Waals surface area (Å²) in [5, 5.41) is 30.5. The Bertz CT molecular complexity index is 794. The molecule has 0 spiro atoms. The summed E-state index contributed by atoms with van der Waals surface area (Å²) < 4.78 is 5.37. The molecule has 2 aromatic rings. The summed E-state index contributed by atoms with van der Waals surface area (Å²) in [4.78, 5) is 13.7. The molecule has 0 aliphatic carbocycles. The van der Waals surface area contributed by atoms with Gasteiger partial charge in [-0.25, -0.2) is 0 Å². The number of hydrogen-bond acceptors (Lipinski definition) is 6. The third-order valence-electron chi connectivity index (χ3n) is 4.63. The Morgan fingerprint density at radius 3 is 2.44 bits per heavy atom. The Morgan fingerprint density at radius 1 is 1.20 bits per heavy atom. The van der Waals surface area contributed by atoms with E-state index in [2.05, 4.69) is 0 Å². The van der Waals surface area contributed by atoms with Crippen LogP contribution in [-0.2, 0) is 18.8 Å². The van der Waals surface area contributed by atoms with Crippen LogP contribution in [0.25, 0.3) is 0 Å². The first kappa shape index (κ1) is 17.9. The Labute approximate surface area is 149 Å². The van der Waals surface area contributed by atoms with E-state index in [-0.39, 0.29) is 18.1 Å². The highest BCUT2D eigenvalue weighted by Gasteiger charge is 2.34. The fourth-order valence-corrected chi connectivity index (χ4v) is 3.23. The first-order chi connectivity index (χ1) is 11.9. The van der Waals surface area contributed by atoms with Gasteiger partial charge >= 0.3 is 0 Å². The van der Waals surface area contributed by atoms with Crippen LogP contribution < -0.4 is 5.43 Å². The van der Waals surface area contributed by atoms with Crippen molar-refractivity contribution >= 4 is 11.6 Å². The lowest BCUT2D eigenvalue weighted by molar-refractivity contribution is -0.0293. The van der Waals surface area contributed by atoms with E-state index in [4.69, 9.17) is 21.1 Å². The minimum atomic E-state index is -0.920. The summed E-state index contributed by atoms with van der Waals surface area (Å²) in [6.07, 6.45) is 1.03. The van der Waals surface area contributed by atoms with Crippen LogP contribution in [0.5, 0.6) is 5.75 Å². The van der Waals surface area contributed by atoms with Gasteiger partial charge in [-0.3, -0.25) is 9.69 Å². The molecule has 1 aliphatic rings. The van der Waals surface area contributed by atoms with E-state index in [0.717, 1.165) is 11.6 Å². The topological polar surface area (TPSA) is 94.1 Å². The van der Waals surface area contributed by atoms with Crippen molar-refractivity contribution < 1.29 is 19.7 Å². The quantitative estimate of drug-likeness (QED) is 0.767. The summed E-state index contributed by atoms with van der Waals surface area (Å²) in [6.45, 7) is 0.988. The van der Waals surface area contributed by atoms with Gasteiger partial charge in [0.2, 0.25) is 11.2 Å². The molecular formula is C18H20ClNO5. The molecule has 0 atom stereocenters. The zero-order chi connectivity index (χ0) is 18.0. The summed E-state index contributed by atoms with van der Waals surface area (Å²) in [5.41, 5.74) is -0.662. The SMILES string of the molecule is O=c1cc(CO)oc(CN2CCC(O)(c3ccc(Cl)cc3)CC2)c1O. The first-order valence-electron chi connectivity index (χ1n) is 8.08. The molecule has 134 valence electrons. The standard InChI is InChI=1S/C18H20ClNO5/c19-13-3-1-12(2-4-13)18(24)5-7-20(8-6-18)10-16-17(23)15(22)9-14(11-21)25-16/h1-4,9,21,23-24H,5-8,10-11H2. The zero-order valence-corrected chi connectivity index (χ0v) is 14.4. The van der Waals surface area contributed by atoms with Gasteiger partial charge in [0.25, 0.3) is 0 Å². The van der Waals surface area contributed by atoms with Gasteiger partial charge in [0.05, 0.1) is 12.1 Å². The number of rotatable bonds is 4. The Kier molecular flexibility index (Phi) is 5.15. The molecule has 7 heteroatoms. The highest BCUT2D eigenvalue weighted by molar-refractivity contribution is 6.30. The van der Waals surface area contributed by atoms with E-state index in [1.165, 1.54) is 0 Å². The molecule has 25 heavy (non-hydrogen) atoms. The number of hydrogen-bond donors (Lipinski definition) is 3. The maximum atomic E-state index is 11.7. The average molecular weight is 366 g/mol. The summed E-state index contributed by atoms with van der Waals surface area (Å²) >= 11 is 5.89. The molecular weight excluding hydrogens is 346 g/mol. The second kappa shape index (κ2) is 7.17. The third kappa shape index (κ3) is 3.88. The number of likely N-dealkylation sites (tertiary alicyclic amines) is 1. The Morgan fingerprint density at radius 2 is 1.84 bits per heavy atom. The molecule has 1 saturated heterocycles. The van der Waals surface area contributed by atoms with Gasteiger partial charge in [-0.15, -0.1) is 0 Å². The lowest BCUT2D eigenvalue weighted by Crippen LogP contribution is -2.42. The van der Waals surface area contributed by atoms with Gasteiger partial charge in [0.15, 0.2) is 5.76 Å². The zero-order valence-electron chi connectivity index (χ0n) is 13.6. The summed E-state index contributed by atoms with van der Waals surface area (Å²) in [7, 11) is 0. The predicted octanol–water partition coefficient (Wildman–Crippen LogP) is 1.97. The Hall–Kier alpha value is -1.86. The van der Waals surface area contributed by atoms with Crippen LogP contribution in [0.15, 0.2) is 39.5 Å². The van der Waals surface area contributed by atoms with E-state index in [9.17, 15) is 15.0 Å². The van der Waals surface area contributed by atoms with Crippen molar-refractivity contribution in [1.29, 1.82) is 0 Å². The van der Waals surface area contributed by atoms with E-state index in [0.29, 0.717) is 31.0 Å². The smallest absolute Gasteiger partial charge is 0.227 e. The summed E-state index contributed by atoms with van der Waals surface area (Å²) in [6, 6.07) is 8.25. The third-order valence-corrected chi connectivity index (χ3v) is 4.88. The molecule has 0 amide bonds. The highest BCUT2D eigenvalue weighted by atomic mass is 35.5. The van der Waals surface area contributed by atoms with Crippen LogP contribution in [0.4, 0.5) is 0 Å². The maximum Gasteiger partial charge on any atom is 0.227 e. The van der Waals surface area contributed by atoms with Gasteiger partial charge < -0.3 is 19.7 Å². The number of aromatic hydroxyl groups is 1. The van der Waals surface area contributed by atoms with Crippen molar-refractivity contribution in [2.24, 2.45) is 0 Å². The molecule has 0 radical (unpaired) electrons. The fraction of sp³-hybridized carbons (Fsp3) is 0.389. The molecule has 3 N–H and O–H groups in total. The highest BCUT2D eigenvalue weighted by Crippen LogP contribution is 2.34.